The van der Waals surface area contributed by atoms with Crippen molar-refractivity contribution in [3.8, 4) is 0 Å². The molecule has 1 fully saturated rings. The lowest BCUT2D eigenvalue weighted by Gasteiger charge is -2.22. The van der Waals surface area contributed by atoms with Gasteiger partial charge in [-0.15, -0.1) is 0 Å². The molecule has 1 aliphatic carbocycles. The Labute approximate surface area is 107 Å². The first-order valence-corrected chi connectivity index (χ1v) is 6.22. The van der Waals surface area contributed by atoms with Crippen LogP contribution in [0, 0.1) is 0 Å². The summed E-state index contributed by atoms with van der Waals surface area (Å²) in [6, 6.07) is 5.69. The van der Waals surface area contributed by atoms with Crippen LogP contribution in [0.4, 0.5) is 0 Å². The van der Waals surface area contributed by atoms with E-state index in [1.54, 1.807) is 6.20 Å². The van der Waals surface area contributed by atoms with Crippen molar-refractivity contribution in [1.82, 2.24) is 9.99 Å². The molecule has 1 aromatic heterocycles. The molecule has 0 aliphatic heterocycles. The van der Waals surface area contributed by atoms with E-state index in [9.17, 15) is 5.11 Å². The number of aliphatic hydroxyl groups is 1. The number of aromatic nitrogens is 1. The smallest absolute Gasteiger partial charge is 0.106 e. The van der Waals surface area contributed by atoms with Gasteiger partial charge in [-0.1, -0.05) is 18.9 Å². The maximum Gasteiger partial charge on any atom is 0.106 e. The Balaban J connectivity index is 2.14. The highest BCUT2D eigenvalue weighted by atomic mass is 16.3. The van der Waals surface area contributed by atoms with Gasteiger partial charge in [0.2, 0.25) is 0 Å². The van der Waals surface area contributed by atoms with Crippen molar-refractivity contribution in [1.29, 1.82) is 0 Å². The summed E-state index contributed by atoms with van der Waals surface area (Å²) in [5, 5.41) is 11.9. The van der Waals surface area contributed by atoms with Crippen LogP contribution in [0.1, 0.15) is 37.1 Å². The number of hydrogen-bond donors (Lipinski definition) is 3. The second-order valence-corrected chi connectivity index (χ2v) is 4.77. The third-order valence-electron chi connectivity index (χ3n) is 3.34. The number of nitrogens with zero attached hydrogens (tertiary/aromatic N) is 2. The van der Waals surface area contributed by atoms with Crippen LogP contribution >= 0.6 is 0 Å². The summed E-state index contributed by atoms with van der Waals surface area (Å²) >= 11 is 0. The second kappa shape index (κ2) is 5.37. The fourth-order valence-electron chi connectivity index (χ4n) is 2.39. The molecule has 0 aromatic carbocycles. The predicted octanol–water partition coefficient (Wildman–Crippen LogP) is 0.949. The molecule has 1 heterocycles. The summed E-state index contributed by atoms with van der Waals surface area (Å²) in [5.41, 5.74) is 6.10. The molecule has 0 atom stereocenters. The van der Waals surface area contributed by atoms with Gasteiger partial charge in [-0.2, -0.15) is 0 Å². The Morgan fingerprint density at radius 2 is 2.11 bits per heavy atom. The van der Waals surface area contributed by atoms with Crippen LogP contribution in [0.5, 0.6) is 0 Å². The van der Waals surface area contributed by atoms with Gasteiger partial charge in [-0.3, -0.25) is 4.98 Å². The third kappa shape index (κ3) is 2.80. The van der Waals surface area contributed by atoms with Crippen molar-refractivity contribution in [3.05, 3.63) is 42.0 Å². The van der Waals surface area contributed by atoms with E-state index in [2.05, 4.69) is 4.98 Å². The van der Waals surface area contributed by atoms with E-state index >= 15 is 0 Å². The number of hydrogen-bond acceptors (Lipinski definition) is 5. The zero-order valence-electron chi connectivity index (χ0n) is 10.4. The van der Waals surface area contributed by atoms with Crippen LogP contribution in [0.15, 0.2) is 30.6 Å². The summed E-state index contributed by atoms with van der Waals surface area (Å²) in [7, 11) is 0. The van der Waals surface area contributed by atoms with Crippen LogP contribution in [0.2, 0.25) is 0 Å². The van der Waals surface area contributed by atoms with E-state index in [1.165, 1.54) is 11.2 Å². The molecule has 5 nitrogen and oxygen atoms in total. The Morgan fingerprint density at radius 1 is 1.39 bits per heavy atom. The maximum atomic E-state index is 10.5. The molecule has 0 bridgehead atoms. The van der Waals surface area contributed by atoms with Gasteiger partial charge in [-0.05, 0) is 25.0 Å². The van der Waals surface area contributed by atoms with Gasteiger partial charge in [0.1, 0.15) is 5.60 Å². The summed E-state index contributed by atoms with van der Waals surface area (Å²) in [6.07, 6.45) is 6.66. The first-order valence-electron chi connectivity index (χ1n) is 6.22. The van der Waals surface area contributed by atoms with Gasteiger partial charge in [0.15, 0.2) is 0 Å². The maximum absolute atomic E-state index is 10.5. The first kappa shape index (κ1) is 12.9. The topological polar surface area (TPSA) is 88.4 Å². The number of hydrazine groups is 1. The molecule has 0 amide bonds. The summed E-state index contributed by atoms with van der Waals surface area (Å²) < 4.78 is 0. The van der Waals surface area contributed by atoms with Crippen molar-refractivity contribution in [2.75, 3.05) is 0 Å². The SMILES string of the molecule is N/C=C\N(N)Cc1cccc(C2(O)CCCC2)n1. The fraction of sp³-hybridized carbons (Fsp3) is 0.462. The predicted molar refractivity (Wildman–Crippen MR) is 69.7 cm³/mol. The minimum Gasteiger partial charge on any atom is -0.403 e. The molecule has 5 N–H and O–H groups in total. The largest absolute Gasteiger partial charge is 0.403 e. The Bertz CT molecular complexity index is 427. The van der Waals surface area contributed by atoms with Crippen molar-refractivity contribution in [2.24, 2.45) is 11.6 Å². The van der Waals surface area contributed by atoms with Gasteiger partial charge in [-0.25, -0.2) is 5.84 Å². The molecule has 18 heavy (non-hydrogen) atoms. The van der Waals surface area contributed by atoms with Gasteiger partial charge >= 0.3 is 0 Å². The van der Waals surface area contributed by atoms with Crippen LogP contribution in [0.3, 0.4) is 0 Å². The molecule has 5 heteroatoms. The quantitative estimate of drug-likeness (QED) is 0.545. The number of pyridine rings is 1. The average molecular weight is 248 g/mol. The van der Waals surface area contributed by atoms with Crippen molar-refractivity contribution < 1.29 is 5.11 Å². The number of rotatable bonds is 4. The zero-order chi connectivity index (χ0) is 13.0. The molecular formula is C13H20N4O. The highest BCUT2D eigenvalue weighted by Gasteiger charge is 2.34. The molecule has 0 radical (unpaired) electrons. The third-order valence-corrected chi connectivity index (χ3v) is 3.34. The van der Waals surface area contributed by atoms with Gasteiger partial charge in [0, 0.05) is 12.4 Å². The van der Waals surface area contributed by atoms with Crippen LogP contribution in [-0.4, -0.2) is 15.1 Å². The van der Waals surface area contributed by atoms with Gasteiger partial charge in [0.05, 0.1) is 17.9 Å². The van der Waals surface area contributed by atoms with E-state index in [0.717, 1.165) is 37.1 Å². The molecule has 1 saturated carbocycles. The summed E-state index contributed by atoms with van der Waals surface area (Å²) in [4.78, 5) is 4.50. The lowest BCUT2D eigenvalue weighted by Crippen LogP contribution is -2.27. The highest BCUT2D eigenvalue weighted by molar-refractivity contribution is 5.18. The molecule has 1 aliphatic rings. The molecule has 1 aromatic rings. The van der Waals surface area contributed by atoms with Gasteiger partial charge < -0.3 is 15.8 Å². The standard InChI is InChI=1S/C13H20N4O/c14-8-9-17(15)10-11-4-3-5-12(16-11)13(18)6-1-2-7-13/h3-5,8-9,18H,1-2,6-7,10,14-15H2/b9-8-. The van der Waals surface area contributed by atoms with Crippen LogP contribution in [-0.2, 0) is 12.1 Å². The van der Waals surface area contributed by atoms with Crippen molar-refractivity contribution >= 4 is 0 Å². The van der Waals surface area contributed by atoms with Gasteiger partial charge in [0.25, 0.3) is 0 Å². The normalized spacial score (nSPS) is 18.3. The first-order chi connectivity index (χ1) is 8.64. The van der Waals surface area contributed by atoms with Crippen molar-refractivity contribution in [3.63, 3.8) is 0 Å². The lowest BCUT2D eigenvalue weighted by atomic mass is 9.97. The second-order valence-electron chi connectivity index (χ2n) is 4.77. The number of nitrogens with two attached hydrogens (primary N) is 2. The van der Waals surface area contributed by atoms with E-state index < -0.39 is 5.60 Å². The monoisotopic (exact) mass is 248 g/mol. The molecule has 0 unspecified atom stereocenters. The lowest BCUT2D eigenvalue weighted by molar-refractivity contribution is 0.0396. The van der Waals surface area contributed by atoms with E-state index in [0.29, 0.717) is 6.54 Å². The summed E-state index contributed by atoms with van der Waals surface area (Å²) in [6.45, 7) is 0.470. The minimum atomic E-state index is -0.751. The van der Waals surface area contributed by atoms with E-state index in [4.69, 9.17) is 11.6 Å². The highest BCUT2D eigenvalue weighted by Crippen LogP contribution is 2.37. The van der Waals surface area contributed by atoms with Crippen LogP contribution in [0.25, 0.3) is 0 Å². The van der Waals surface area contributed by atoms with E-state index in [-0.39, 0.29) is 0 Å². The Morgan fingerprint density at radius 3 is 2.78 bits per heavy atom. The van der Waals surface area contributed by atoms with Crippen LogP contribution < -0.4 is 11.6 Å². The summed E-state index contributed by atoms with van der Waals surface area (Å²) in [5.74, 6) is 5.72. The van der Waals surface area contributed by atoms with Crippen molar-refractivity contribution in [2.45, 2.75) is 37.8 Å². The minimum absolute atomic E-state index is 0.470. The molecule has 0 saturated heterocycles. The van der Waals surface area contributed by atoms with E-state index in [1.807, 2.05) is 18.2 Å². The average Bonchev–Trinajstić information content (AvgIpc) is 2.78. The molecular weight excluding hydrogens is 228 g/mol. The Kier molecular flexibility index (Phi) is 3.84. The Hall–Kier alpha value is -1.59. The molecule has 98 valence electrons. The molecule has 0 spiro atoms. The fourth-order valence-corrected chi connectivity index (χ4v) is 2.39. The molecule has 2 rings (SSSR count). The zero-order valence-corrected chi connectivity index (χ0v) is 10.4.